The summed E-state index contributed by atoms with van der Waals surface area (Å²) >= 11 is 1.90. The molecule has 4 heteroatoms. The van der Waals surface area contributed by atoms with Crippen molar-refractivity contribution in [1.82, 2.24) is 9.80 Å². The predicted octanol–water partition coefficient (Wildman–Crippen LogP) is 4.63. The Morgan fingerprint density at radius 2 is 1.81 bits per heavy atom. The van der Waals surface area contributed by atoms with E-state index in [2.05, 4.69) is 59.2 Å². The maximum absolute atomic E-state index is 13.3. The fourth-order valence-corrected chi connectivity index (χ4v) is 5.97. The highest BCUT2D eigenvalue weighted by atomic mass is 32.1. The lowest BCUT2D eigenvalue weighted by Crippen LogP contribution is -2.66. The molecule has 3 aliphatic rings. The number of piperidine rings is 1. The van der Waals surface area contributed by atoms with Crippen LogP contribution in [0.15, 0.2) is 42.5 Å². The minimum absolute atomic E-state index is 0.155. The fourth-order valence-electron chi connectivity index (χ4n) is 5.04. The van der Waals surface area contributed by atoms with Crippen molar-refractivity contribution in [2.75, 3.05) is 19.6 Å². The van der Waals surface area contributed by atoms with Gasteiger partial charge >= 0.3 is 0 Å². The van der Waals surface area contributed by atoms with Crippen LogP contribution in [0.4, 0.5) is 0 Å². The number of benzene rings is 1. The molecule has 1 aliphatic carbocycles. The van der Waals surface area contributed by atoms with Gasteiger partial charge in [-0.25, -0.2) is 0 Å². The lowest BCUT2D eigenvalue weighted by atomic mass is 9.62. The number of rotatable bonds is 5. The van der Waals surface area contributed by atoms with Crippen molar-refractivity contribution >= 4 is 17.2 Å². The highest BCUT2D eigenvalue weighted by Gasteiger charge is 2.61. The molecule has 1 saturated carbocycles. The number of hydrogen-bond donors (Lipinski definition) is 0. The monoisotopic (exact) mass is 380 g/mol. The molecular formula is C23H28N2OS. The van der Waals surface area contributed by atoms with Gasteiger partial charge in [-0.2, -0.15) is 0 Å². The van der Waals surface area contributed by atoms with E-state index in [1.54, 1.807) is 0 Å². The number of carbonyl (C=O) groups is 1. The van der Waals surface area contributed by atoms with Gasteiger partial charge in [0.25, 0.3) is 0 Å². The summed E-state index contributed by atoms with van der Waals surface area (Å²) in [5, 5.41) is 0. The van der Waals surface area contributed by atoms with Crippen LogP contribution in [0.25, 0.3) is 0 Å². The van der Waals surface area contributed by atoms with E-state index < -0.39 is 0 Å². The number of β-lactam (4-membered cyclic amide) rings is 1. The van der Waals surface area contributed by atoms with E-state index >= 15 is 0 Å². The van der Waals surface area contributed by atoms with E-state index in [-0.39, 0.29) is 11.5 Å². The van der Waals surface area contributed by atoms with Gasteiger partial charge < -0.3 is 4.90 Å². The van der Waals surface area contributed by atoms with Crippen LogP contribution in [0.3, 0.4) is 0 Å². The quantitative estimate of drug-likeness (QED) is 0.706. The van der Waals surface area contributed by atoms with Crippen LogP contribution in [-0.2, 0) is 11.3 Å². The molecule has 1 spiro atoms. The zero-order valence-corrected chi connectivity index (χ0v) is 16.9. The molecule has 142 valence electrons. The molecule has 3 fully saturated rings. The third kappa shape index (κ3) is 3.13. The van der Waals surface area contributed by atoms with Gasteiger partial charge in [-0.1, -0.05) is 30.3 Å². The van der Waals surface area contributed by atoms with Crippen molar-refractivity contribution in [1.29, 1.82) is 0 Å². The van der Waals surface area contributed by atoms with Crippen LogP contribution in [0.5, 0.6) is 0 Å². The molecule has 3 heterocycles. The highest BCUT2D eigenvalue weighted by molar-refractivity contribution is 7.11. The van der Waals surface area contributed by atoms with Crippen LogP contribution >= 0.6 is 11.3 Å². The Morgan fingerprint density at radius 1 is 1.07 bits per heavy atom. The normalized spacial score (nSPS) is 25.0. The number of aryl methyl sites for hydroxylation is 1. The minimum Gasteiger partial charge on any atom is -0.334 e. The zero-order valence-electron chi connectivity index (χ0n) is 16.1. The number of nitrogens with zero attached hydrogens (tertiary/aromatic N) is 2. The Morgan fingerprint density at radius 3 is 2.44 bits per heavy atom. The van der Waals surface area contributed by atoms with Crippen LogP contribution in [0, 0.1) is 18.3 Å². The van der Waals surface area contributed by atoms with E-state index in [1.165, 1.54) is 28.2 Å². The summed E-state index contributed by atoms with van der Waals surface area (Å²) in [5.74, 6) is 1.18. The number of amides is 1. The van der Waals surface area contributed by atoms with E-state index in [9.17, 15) is 4.79 Å². The lowest BCUT2D eigenvalue weighted by molar-refractivity contribution is -0.181. The maximum Gasteiger partial charge on any atom is 0.231 e. The van der Waals surface area contributed by atoms with Gasteiger partial charge in [0.2, 0.25) is 5.91 Å². The summed E-state index contributed by atoms with van der Waals surface area (Å²) in [4.78, 5) is 20.8. The van der Waals surface area contributed by atoms with E-state index in [1.807, 2.05) is 11.3 Å². The standard InChI is InChI=1S/C23H28N2OS/c1-17-7-10-20(27-17)16-24-13-11-23(12-14-24)21(19-5-3-2-4-6-19)25(22(23)26)15-18-8-9-18/h2-7,10,18,21H,8-9,11-16H2,1H3/t21-/m0/s1. The highest BCUT2D eigenvalue weighted by Crippen LogP contribution is 2.57. The first-order valence-electron chi connectivity index (χ1n) is 10.3. The second kappa shape index (κ2) is 6.75. The second-order valence-electron chi connectivity index (χ2n) is 8.66. The summed E-state index contributed by atoms with van der Waals surface area (Å²) in [6.07, 6.45) is 4.59. The van der Waals surface area contributed by atoms with Gasteiger partial charge in [0.15, 0.2) is 0 Å². The molecule has 1 aromatic heterocycles. The third-order valence-corrected chi connectivity index (χ3v) is 7.70. The van der Waals surface area contributed by atoms with E-state index in [0.29, 0.717) is 5.91 Å². The Balaban J connectivity index is 1.32. The van der Waals surface area contributed by atoms with Crippen molar-refractivity contribution in [3.8, 4) is 0 Å². The van der Waals surface area contributed by atoms with Gasteiger partial charge in [0.1, 0.15) is 0 Å². The first-order chi connectivity index (χ1) is 13.2. The third-order valence-electron chi connectivity index (χ3n) is 6.71. The number of thiophene rings is 1. The Labute approximate surface area is 166 Å². The molecule has 2 aromatic rings. The van der Waals surface area contributed by atoms with Gasteiger partial charge in [-0.05, 0) is 69.3 Å². The molecule has 1 aromatic carbocycles. The number of hydrogen-bond acceptors (Lipinski definition) is 3. The molecule has 1 amide bonds. The summed E-state index contributed by atoms with van der Waals surface area (Å²) in [6.45, 7) is 6.24. The second-order valence-corrected chi connectivity index (χ2v) is 10.0. The van der Waals surface area contributed by atoms with Gasteiger partial charge in [-0.15, -0.1) is 11.3 Å². The molecule has 0 radical (unpaired) electrons. The Bertz CT molecular complexity index is 818. The molecule has 0 bridgehead atoms. The van der Waals surface area contributed by atoms with Gasteiger partial charge in [0.05, 0.1) is 11.5 Å². The topological polar surface area (TPSA) is 23.6 Å². The molecule has 2 saturated heterocycles. The summed E-state index contributed by atoms with van der Waals surface area (Å²) in [7, 11) is 0. The fraction of sp³-hybridized carbons (Fsp3) is 0.522. The van der Waals surface area contributed by atoms with Crippen molar-refractivity contribution in [3.05, 3.63) is 57.8 Å². The summed E-state index contributed by atoms with van der Waals surface area (Å²) in [5.41, 5.74) is 1.18. The first-order valence-corrected chi connectivity index (χ1v) is 11.1. The molecule has 2 aliphatic heterocycles. The Hall–Kier alpha value is -1.65. The average Bonchev–Trinajstić information content (AvgIpc) is 3.43. The van der Waals surface area contributed by atoms with Crippen molar-refractivity contribution in [3.63, 3.8) is 0 Å². The SMILES string of the molecule is Cc1ccc(CN2CCC3(CC2)C(=O)N(CC2CC2)[C@H]3c2ccccc2)s1. The molecule has 5 rings (SSSR count). The maximum atomic E-state index is 13.3. The van der Waals surface area contributed by atoms with Crippen molar-refractivity contribution in [2.45, 2.75) is 45.2 Å². The molecular weight excluding hydrogens is 352 g/mol. The van der Waals surface area contributed by atoms with E-state index in [0.717, 1.165) is 44.9 Å². The van der Waals surface area contributed by atoms with Gasteiger partial charge in [-0.3, -0.25) is 9.69 Å². The molecule has 27 heavy (non-hydrogen) atoms. The number of likely N-dealkylation sites (tertiary alicyclic amines) is 2. The lowest BCUT2D eigenvalue weighted by Gasteiger charge is -2.59. The summed E-state index contributed by atoms with van der Waals surface area (Å²) in [6, 6.07) is 15.5. The molecule has 0 unspecified atom stereocenters. The molecule has 3 nitrogen and oxygen atoms in total. The van der Waals surface area contributed by atoms with Crippen LogP contribution in [0.2, 0.25) is 0 Å². The summed E-state index contributed by atoms with van der Waals surface area (Å²) < 4.78 is 0. The Kier molecular flexibility index (Phi) is 4.36. The minimum atomic E-state index is -0.155. The average molecular weight is 381 g/mol. The van der Waals surface area contributed by atoms with Gasteiger partial charge in [0, 0.05) is 22.8 Å². The smallest absolute Gasteiger partial charge is 0.231 e. The largest absolute Gasteiger partial charge is 0.334 e. The van der Waals surface area contributed by atoms with Crippen LogP contribution in [0.1, 0.15) is 47.0 Å². The molecule has 1 atom stereocenters. The van der Waals surface area contributed by atoms with Crippen molar-refractivity contribution < 1.29 is 4.79 Å². The van der Waals surface area contributed by atoms with Crippen LogP contribution < -0.4 is 0 Å². The predicted molar refractivity (Wildman–Crippen MR) is 110 cm³/mol. The zero-order chi connectivity index (χ0) is 18.4. The molecule has 0 N–H and O–H groups in total. The van der Waals surface area contributed by atoms with Crippen molar-refractivity contribution in [2.24, 2.45) is 11.3 Å². The van der Waals surface area contributed by atoms with E-state index in [4.69, 9.17) is 0 Å². The van der Waals surface area contributed by atoms with Crippen LogP contribution in [-0.4, -0.2) is 35.3 Å². The number of carbonyl (C=O) groups excluding carboxylic acids is 1. The first kappa shape index (κ1) is 17.4.